The first-order chi connectivity index (χ1) is 9.91. The van der Waals surface area contributed by atoms with Gasteiger partial charge in [-0.2, -0.15) is 13.2 Å². The lowest BCUT2D eigenvalue weighted by atomic mass is 9.71. The smallest absolute Gasteiger partial charge is 0.396 e. The van der Waals surface area contributed by atoms with E-state index in [4.69, 9.17) is 0 Å². The molecular formula is C16H21F3O2. The number of aliphatic hydroxyl groups is 2. The standard InChI is InChI=1S/C16H21F3O2/c17-16(18,19)14-7-3-4-12(8-14)9-15(10-20,11-21)13-5-1-2-6-13/h3-4,7-8,13,20-21H,1-2,5-6,9-11H2. The molecule has 1 aromatic carbocycles. The number of alkyl halides is 3. The zero-order chi connectivity index (χ0) is 15.5. The van der Waals surface area contributed by atoms with Crippen LogP contribution in [0.2, 0.25) is 0 Å². The highest BCUT2D eigenvalue weighted by atomic mass is 19.4. The van der Waals surface area contributed by atoms with E-state index in [1.165, 1.54) is 6.07 Å². The fraction of sp³-hybridized carbons (Fsp3) is 0.625. The van der Waals surface area contributed by atoms with Crippen LogP contribution in [0, 0.1) is 11.3 Å². The highest BCUT2D eigenvalue weighted by molar-refractivity contribution is 5.27. The van der Waals surface area contributed by atoms with Crippen molar-refractivity contribution in [3.8, 4) is 0 Å². The lowest BCUT2D eigenvalue weighted by molar-refractivity contribution is -0.137. The Morgan fingerprint density at radius 2 is 1.67 bits per heavy atom. The minimum absolute atomic E-state index is 0.169. The summed E-state index contributed by atoms with van der Waals surface area (Å²) >= 11 is 0. The topological polar surface area (TPSA) is 40.5 Å². The first kappa shape index (κ1) is 16.3. The van der Waals surface area contributed by atoms with E-state index >= 15 is 0 Å². The molecule has 1 saturated carbocycles. The van der Waals surface area contributed by atoms with E-state index in [1.54, 1.807) is 6.07 Å². The highest BCUT2D eigenvalue weighted by Crippen LogP contribution is 2.42. The molecule has 0 heterocycles. The first-order valence-electron chi connectivity index (χ1n) is 7.29. The minimum atomic E-state index is -4.37. The van der Waals surface area contributed by atoms with Gasteiger partial charge in [-0.25, -0.2) is 0 Å². The van der Waals surface area contributed by atoms with Crippen LogP contribution in [0.25, 0.3) is 0 Å². The van der Waals surface area contributed by atoms with E-state index in [0.29, 0.717) is 5.56 Å². The van der Waals surface area contributed by atoms with Crippen molar-refractivity contribution in [3.05, 3.63) is 35.4 Å². The van der Waals surface area contributed by atoms with Gasteiger partial charge in [0.2, 0.25) is 0 Å². The maximum atomic E-state index is 12.8. The molecule has 0 spiro atoms. The highest BCUT2D eigenvalue weighted by Gasteiger charge is 2.40. The largest absolute Gasteiger partial charge is 0.416 e. The van der Waals surface area contributed by atoms with Gasteiger partial charge >= 0.3 is 6.18 Å². The van der Waals surface area contributed by atoms with Crippen LogP contribution in [0.1, 0.15) is 36.8 Å². The summed E-state index contributed by atoms with van der Waals surface area (Å²) in [6.07, 6.45) is -0.163. The van der Waals surface area contributed by atoms with Crippen LogP contribution < -0.4 is 0 Å². The summed E-state index contributed by atoms with van der Waals surface area (Å²) in [5, 5.41) is 19.5. The van der Waals surface area contributed by atoms with Crippen LogP contribution in [0.15, 0.2) is 24.3 Å². The molecule has 2 nitrogen and oxygen atoms in total. The van der Waals surface area contributed by atoms with Crippen LogP contribution in [-0.2, 0) is 12.6 Å². The third-order valence-corrected chi connectivity index (χ3v) is 4.66. The first-order valence-corrected chi connectivity index (χ1v) is 7.29. The molecule has 1 aromatic rings. The molecule has 0 radical (unpaired) electrons. The minimum Gasteiger partial charge on any atom is -0.396 e. The number of rotatable bonds is 5. The summed E-state index contributed by atoms with van der Waals surface area (Å²) in [7, 11) is 0. The molecule has 0 atom stereocenters. The third-order valence-electron chi connectivity index (χ3n) is 4.66. The van der Waals surface area contributed by atoms with Gasteiger partial charge in [-0.05, 0) is 36.8 Å². The third kappa shape index (κ3) is 3.58. The van der Waals surface area contributed by atoms with E-state index in [1.807, 2.05) is 0 Å². The molecule has 0 aromatic heterocycles. The van der Waals surface area contributed by atoms with Crippen molar-refractivity contribution in [1.82, 2.24) is 0 Å². The Morgan fingerprint density at radius 3 is 2.19 bits per heavy atom. The van der Waals surface area contributed by atoms with Crippen molar-refractivity contribution in [1.29, 1.82) is 0 Å². The van der Waals surface area contributed by atoms with Gasteiger partial charge in [-0.15, -0.1) is 0 Å². The molecular weight excluding hydrogens is 281 g/mol. The molecule has 0 amide bonds. The molecule has 0 unspecified atom stereocenters. The van der Waals surface area contributed by atoms with Crippen molar-refractivity contribution in [2.75, 3.05) is 13.2 Å². The normalized spacial score (nSPS) is 17.4. The summed E-state index contributed by atoms with van der Waals surface area (Å²) in [6, 6.07) is 5.17. The second-order valence-corrected chi connectivity index (χ2v) is 6.03. The average molecular weight is 302 g/mol. The molecule has 0 bridgehead atoms. The number of halogens is 3. The van der Waals surface area contributed by atoms with E-state index in [9.17, 15) is 23.4 Å². The van der Waals surface area contributed by atoms with E-state index in [0.717, 1.165) is 37.8 Å². The summed E-state index contributed by atoms with van der Waals surface area (Å²) in [4.78, 5) is 0. The number of aliphatic hydroxyl groups excluding tert-OH is 2. The summed E-state index contributed by atoms with van der Waals surface area (Å²) in [6.45, 7) is -0.408. The Balaban J connectivity index is 2.24. The van der Waals surface area contributed by atoms with Crippen molar-refractivity contribution in [3.63, 3.8) is 0 Å². The zero-order valence-corrected chi connectivity index (χ0v) is 11.9. The number of benzene rings is 1. The van der Waals surface area contributed by atoms with Crippen molar-refractivity contribution in [2.24, 2.45) is 11.3 Å². The average Bonchev–Trinajstić information content (AvgIpc) is 2.99. The fourth-order valence-electron chi connectivity index (χ4n) is 3.37. The van der Waals surface area contributed by atoms with Gasteiger partial charge in [0.1, 0.15) is 0 Å². The molecule has 2 N–H and O–H groups in total. The fourth-order valence-corrected chi connectivity index (χ4v) is 3.37. The molecule has 0 aliphatic heterocycles. The molecule has 1 aliphatic rings. The lowest BCUT2D eigenvalue weighted by Gasteiger charge is -2.36. The van der Waals surface area contributed by atoms with Crippen LogP contribution in [0.3, 0.4) is 0 Å². The Kier molecular flexibility index (Phi) is 4.94. The van der Waals surface area contributed by atoms with Crippen LogP contribution >= 0.6 is 0 Å². The SMILES string of the molecule is OCC(CO)(Cc1cccc(C(F)(F)F)c1)C1CCCC1. The molecule has 5 heteroatoms. The van der Waals surface area contributed by atoms with E-state index in [2.05, 4.69) is 0 Å². The van der Waals surface area contributed by atoms with Gasteiger partial charge in [-0.1, -0.05) is 31.0 Å². The molecule has 1 aliphatic carbocycles. The molecule has 0 saturated heterocycles. The van der Waals surface area contributed by atoms with Gasteiger partial charge in [0.25, 0.3) is 0 Å². The summed E-state index contributed by atoms with van der Waals surface area (Å²) in [5.74, 6) is 0.169. The molecule has 118 valence electrons. The van der Waals surface area contributed by atoms with E-state index in [-0.39, 0.29) is 25.6 Å². The van der Waals surface area contributed by atoms with Crippen molar-refractivity contribution >= 4 is 0 Å². The van der Waals surface area contributed by atoms with Gasteiger partial charge < -0.3 is 10.2 Å². The van der Waals surface area contributed by atoms with Gasteiger partial charge in [0.15, 0.2) is 0 Å². The quantitative estimate of drug-likeness (QED) is 0.875. The molecule has 2 rings (SSSR count). The Labute approximate surface area is 122 Å². The Morgan fingerprint density at radius 1 is 1.05 bits per heavy atom. The predicted molar refractivity (Wildman–Crippen MR) is 73.7 cm³/mol. The molecule has 1 fully saturated rings. The zero-order valence-electron chi connectivity index (χ0n) is 11.9. The van der Waals surface area contributed by atoms with Crippen molar-refractivity contribution < 1.29 is 23.4 Å². The lowest BCUT2D eigenvalue weighted by Crippen LogP contribution is -2.39. The maximum absolute atomic E-state index is 12.8. The monoisotopic (exact) mass is 302 g/mol. The van der Waals surface area contributed by atoms with Crippen LogP contribution in [-0.4, -0.2) is 23.4 Å². The van der Waals surface area contributed by atoms with Crippen molar-refractivity contribution in [2.45, 2.75) is 38.3 Å². The summed E-state index contributed by atoms with van der Waals surface area (Å²) < 4.78 is 38.3. The maximum Gasteiger partial charge on any atom is 0.416 e. The predicted octanol–water partition coefficient (Wildman–Crippen LogP) is 3.41. The molecule has 21 heavy (non-hydrogen) atoms. The second-order valence-electron chi connectivity index (χ2n) is 6.03. The Hall–Kier alpha value is -1.07. The Bertz CT molecular complexity index is 461. The van der Waals surface area contributed by atoms with Gasteiger partial charge in [-0.3, -0.25) is 0 Å². The van der Waals surface area contributed by atoms with Gasteiger partial charge in [0, 0.05) is 5.41 Å². The van der Waals surface area contributed by atoms with Gasteiger partial charge in [0.05, 0.1) is 18.8 Å². The number of hydrogen-bond donors (Lipinski definition) is 2. The van der Waals surface area contributed by atoms with E-state index < -0.39 is 17.2 Å². The summed E-state index contributed by atoms with van der Waals surface area (Å²) in [5.41, 5.74) is -0.892. The second kappa shape index (κ2) is 6.36. The van der Waals surface area contributed by atoms with Crippen LogP contribution in [0.5, 0.6) is 0 Å². The van der Waals surface area contributed by atoms with Crippen LogP contribution in [0.4, 0.5) is 13.2 Å². The number of hydrogen-bond acceptors (Lipinski definition) is 2.